The maximum atomic E-state index is 12.8. The molecule has 4 rings (SSSR count). The van der Waals surface area contributed by atoms with Crippen LogP contribution in [0, 0.1) is 30.6 Å². The summed E-state index contributed by atoms with van der Waals surface area (Å²) < 4.78 is 5.98. The van der Waals surface area contributed by atoms with Gasteiger partial charge in [0.25, 0.3) is 0 Å². The highest BCUT2D eigenvalue weighted by Crippen LogP contribution is 2.34. The second-order valence-electron chi connectivity index (χ2n) is 10.3. The molecule has 0 heterocycles. The van der Waals surface area contributed by atoms with E-state index in [1.54, 1.807) is 42.5 Å². The predicted molar refractivity (Wildman–Crippen MR) is 141 cm³/mol. The SMILES string of the molecule is Cc1cc(NC(=O)C2CCCCC2C(=O)O)ccc1Oc1ccc(NC(=O)C2CCCCC2C(=O)O)cc1. The lowest BCUT2D eigenvalue weighted by Crippen LogP contribution is -2.36. The number of carboxylic acids is 2. The molecule has 2 aliphatic rings. The molecule has 38 heavy (non-hydrogen) atoms. The van der Waals surface area contributed by atoms with Crippen molar-refractivity contribution in [1.82, 2.24) is 0 Å². The molecule has 0 aliphatic heterocycles. The van der Waals surface area contributed by atoms with Gasteiger partial charge in [-0.25, -0.2) is 0 Å². The molecule has 0 spiro atoms. The number of carbonyl (C=O) groups excluding carboxylic acids is 2. The van der Waals surface area contributed by atoms with Crippen molar-refractivity contribution in [3.05, 3.63) is 48.0 Å². The van der Waals surface area contributed by atoms with Crippen molar-refractivity contribution in [2.75, 3.05) is 10.6 Å². The number of rotatable bonds is 8. The fraction of sp³-hybridized carbons (Fsp3) is 0.448. The molecule has 4 atom stereocenters. The minimum Gasteiger partial charge on any atom is -0.481 e. The monoisotopic (exact) mass is 522 g/mol. The van der Waals surface area contributed by atoms with E-state index in [9.17, 15) is 29.4 Å². The van der Waals surface area contributed by atoms with Crippen molar-refractivity contribution < 1.29 is 34.1 Å². The molecule has 9 nitrogen and oxygen atoms in total. The second kappa shape index (κ2) is 12.1. The summed E-state index contributed by atoms with van der Waals surface area (Å²) in [6, 6.07) is 12.1. The van der Waals surface area contributed by atoms with E-state index in [1.807, 2.05) is 6.92 Å². The quantitative estimate of drug-likeness (QED) is 0.361. The number of aliphatic carboxylic acids is 2. The molecular formula is C29H34N2O7. The van der Waals surface area contributed by atoms with E-state index in [2.05, 4.69) is 10.6 Å². The number of nitrogens with one attached hydrogen (secondary N) is 2. The maximum Gasteiger partial charge on any atom is 0.307 e. The fourth-order valence-corrected chi connectivity index (χ4v) is 5.53. The Kier molecular flexibility index (Phi) is 8.66. The normalized spacial score (nSPS) is 23.2. The largest absolute Gasteiger partial charge is 0.481 e. The molecular weight excluding hydrogens is 488 g/mol. The third-order valence-electron chi connectivity index (χ3n) is 7.63. The molecule has 2 saturated carbocycles. The summed E-state index contributed by atoms with van der Waals surface area (Å²) in [5.41, 5.74) is 1.93. The summed E-state index contributed by atoms with van der Waals surface area (Å²) in [5, 5.41) is 24.6. The van der Waals surface area contributed by atoms with Gasteiger partial charge in [-0.05, 0) is 80.6 Å². The third kappa shape index (κ3) is 6.51. The number of benzene rings is 2. The van der Waals surface area contributed by atoms with Gasteiger partial charge in [0.05, 0.1) is 23.7 Å². The lowest BCUT2D eigenvalue weighted by Gasteiger charge is -2.27. The van der Waals surface area contributed by atoms with Crippen molar-refractivity contribution in [3.63, 3.8) is 0 Å². The van der Waals surface area contributed by atoms with Crippen molar-refractivity contribution in [2.24, 2.45) is 23.7 Å². The van der Waals surface area contributed by atoms with E-state index in [0.717, 1.165) is 31.2 Å². The van der Waals surface area contributed by atoms with Gasteiger partial charge in [-0.15, -0.1) is 0 Å². The van der Waals surface area contributed by atoms with Crippen LogP contribution in [0.15, 0.2) is 42.5 Å². The number of aryl methyl sites for hydroxylation is 1. The summed E-state index contributed by atoms with van der Waals surface area (Å²) in [7, 11) is 0. The molecule has 2 amide bonds. The summed E-state index contributed by atoms with van der Waals surface area (Å²) >= 11 is 0. The molecule has 4 unspecified atom stereocenters. The summed E-state index contributed by atoms with van der Waals surface area (Å²) in [4.78, 5) is 48.5. The molecule has 2 aromatic carbocycles. The van der Waals surface area contributed by atoms with Gasteiger partial charge in [0.2, 0.25) is 11.8 Å². The predicted octanol–water partition coefficient (Wildman–Crippen LogP) is 5.45. The molecule has 4 N–H and O–H groups in total. The molecule has 9 heteroatoms. The summed E-state index contributed by atoms with van der Waals surface area (Å²) in [5.74, 6) is -3.63. The van der Waals surface area contributed by atoms with Gasteiger partial charge in [-0.3, -0.25) is 19.2 Å². The van der Waals surface area contributed by atoms with Crippen LogP contribution in [0.5, 0.6) is 11.5 Å². The summed E-state index contributed by atoms with van der Waals surface area (Å²) in [6.45, 7) is 1.85. The number of anilines is 2. The molecule has 0 radical (unpaired) electrons. The van der Waals surface area contributed by atoms with Gasteiger partial charge in [0.1, 0.15) is 11.5 Å². The van der Waals surface area contributed by atoms with Gasteiger partial charge >= 0.3 is 11.9 Å². The molecule has 0 aromatic heterocycles. The van der Waals surface area contributed by atoms with E-state index >= 15 is 0 Å². The molecule has 0 bridgehead atoms. The van der Waals surface area contributed by atoms with E-state index in [1.165, 1.54) is 0 Å². The highest BCUT2D eigenvalue weighted by atomic mass is 16.5. The fourth-order valence-electron chi connectivity index (χ4n) is 5.53. The van der Waals surface area contributed by atoms with Crippen LogP contribution in [0.25, 0.3) is 0 Å². The van der Waals surface area contributed by atoms with Crippen molar-refractivity contribution >= 4 is 35.1 Å². The standard InChI is InChI=1S/C29H34N2O7/c1-17-16-19(31-27(33)22-7-3-5-9-24(22)29(36)37)12-15-25(17)38-20-13-10-18(11-14-20)30-26(32)21-6-2-4-8-23(21)28(34)35/h10-16,21-24H,2-9H2,1H3,(H,30,32)(H,31,33)(H,34,35)(H,36,37). The van der Waals surface area contributed by atoms with Crippen LogP contribution in [0.3, 0.4) is 0 Å². The van der Waals surface area contributed by atoms with Gasteiger partial charge in [0.15, 0.2) is 0 Å². The Morgan fingerprint density at radius 3 is 1.61 bits per heavy atom. The Balaban J connectivity index is 1.35. The van der Waals surface area contributed by atoms with Crippen LogP contribution in [0.1, 0.15) is 56.9 Å². The topological polar surface area (TPSA) is 142 Å². The maximum absolute atomic E-state index is 12.8. The highest BCUT2D eigenvalue weighted by molar-refractivity contribution is 5.96. The smallest absolute Gasteiger partial charge is 0.307 e. The van der Waals surface area contributed by atoms with Crippen LogP contribution in [-0.2, 0) is 19.2 Å². The lowest BCUT2D eigenvalue weighted by atomic mass is 9.78. The van der Waals surface area contributed by atoms with Crippen LogP contribution in [0.2, 0.25) is 0 Å². The first kappa shape index (κ1) is 27.2. The Hall–Kier alpha value is -3.88. The number of amides is 2. The Morgan fingerprint density at radius 1 is 0.684 bits per heavy atom. The molecule has 0 saturated heterocycles. The van der Waals surface area contributed by atoms with Crippen molar-refractivity contribution in [2.45, 2.75) is 58.3 Å². The van der Waals surface area contributed by atoms with E-state index < -0.39 is 35.6 Å². The average Bonchev–Trinajstić information content (AvgIpc) is 2.91. The number of hydrogen-bond acceptors (Lipinski definition) is 5. The lowest BCUT2D eigenvalue weighted by molar-refractivity contribution is -0.148. The number of carboxylic acid groups (broad SMARTS) is 2. The van der Waals surface area contributed by atoms with Gasteiger partial charge < -0.3 is 25.6 Å². The van der Waals surface area contributed by atoms with Crippen LogP contribution >= 0.6 is 0 Å². The number of hydrogen-bond donors (Lipinski definition) is 4. The average molecular weight is 523 g/mol. The first-order valence-electron chi connectivity index (χ1n) is 13.2. The first-order valence-corrected chi connectivity index (χ1v) is 13.2. The van der Waals surface area contributed by atoms with E-state index in [4.69, 9.17) is 4.74 Å². The minimum absolute atomic E-state index is 0.272. The zero-order valence-electron chi connectivity index (χ0n) is 21.4. The second-order valence-corrected chi connectivity index (χ2v) is 10.3. The molecule has 2 fully saturated rings. The van der Waals surface area contributed by atoms with Crippen molar-refractivity contribution in [1.29, 1.82) is 0 Å². The molecule has 2 aliphatic carbocycles. The zero-order chi connectivity index (χ0) is 27.2. The first-order chi connectivity index (χ1) is 18.2. The van der Waals surface area contributed by atoms with Gasteiger partial charge in [0, 0.05) is 11.4 Å². The zero-order valence-corrected chi connectivity index (χ0v) is 21.4. The minimum atomic E-state index is -0.923. The number of carbonyl (C=O) groups is 4. The van der Waals surface area contributed by atoms with Gasteiger partial charge in [-0.1, -0.05) is 25.7 Å². The van der Waals surface area contributed by atoms with Crippen LogP contribution in [-0.4, -0.2) is 34.0 Å². The summed E-state index contributed by atoms with van der Waals surface area (Å²) in [6.07, 6.45) is 5.52. The Labute approximate surface area is 221 Å². The molecule has 2 aromatic rings. The van der Waals surface area contributed by atoms with E-state index in [-0.39, 0.29) is 11.8 Å². The Bertz CT molecular complexity index is 1190. The van der Waals surface area contributed by atoms with Crippen molar-refractivity contribution in [3.8, 4) is 11.5 Å². The van der Waals surface area contributed by atoms with Gasteiger partial charge in [-0.2, -0.15) is 0 Å². The van der Waals surface area contributed by atoms with Crippen LogP contribution in [0.4, 0.5) is 11.4 Å². The molecule has 202 valence electrons. The van der Waals surface area contributed by atoms with Crippen LogP contribution < -0.4 is 15.4 Å². The highest BCUT2D eigenvalue weighted by Gasteiger charge is 2.36. The third-order valence-corrected chi connectivity index (χ3v) is 7.63. The number of ether oxygens (including phenoxy) is 1. The van der Waals surface area contributed by atoms with E-state index in [0.29, 0.717) is 48.6 Å². The Morgan fingerprint density at radius 2 is 1.13 bits per heavy atom.